The summed E-state index contributed by atoms with van der Waals surface area (Å²) in [4.78, 5) is 35.8. The Morgan fingerprint density at radius 2 is 1.92 bits per heavy atom. The van der Waals surface area contributed by atoms with Crippen molar-refractivity contribution in [1.82, 2.24) is 15.1 Å². The van der Waals surface area contributed by atoms with E-state index in [1.54, 1.807) is 30.3 Å². The highest BCUT2D eigenvalue weighted by atomic mass is 16.2. The van der Waals surface area contributed by atoms with E-state index in [0.29, 0.717) is 12.1 Å². The average Bonchev–Trinajstić information content (AvgIpc) is 2.59. The average molecular weight is 328 g/mol. The monoisotopic (exact) mass is 328 g/mol. The molecule has 126 valence electrons. The minimum Gasteiger partial charge on any atom is -0.368 e. The number of aromatic nitrogens is 2. The lowest BCUT2D eigenvalue weighted by Gasteiger charge is -2.15. The maximum Gasteiger partial charge on any atom is 0.272 e. The summed E-state index contributed by atoms with van der Waals surface area (Å²) in [5.74, 6) is -1.23. The van der Waals surface area contributed by atoms with Gasteiger partial charge in [-0.25, -0.2) is 4.68 Å². The molecule has 7 nitrogen and oxygen atoms in total. The third-order valence-corrected chi connectivity index (χ3v) is 3.52. The van der Waals surface area contributed by atoms with Gasteiger partial charge in [-0.2, -0.15) is 5.10 Å². The SMILES string of the molecule is CCCCn1nc(C(=O)N[C@@H](C(N)=O)c2ccccc2)ccc1=O. The zero-order valence-electron chi connectivity index (χ0n) is 13.4. The largest absolute Gasteiger partial charge is 0.368 e. The number of hydrogen-bond donors (Lipinski definition) is 2. The maximum atomic E-state index is 12.4. The Hall–Kier alpha value is -2.96. The molecule has 0 saturated carbocycles. The number of unbranched alkanes of at least 4 members (excludes halogenated alkanes) is 1. The van der Waals surface area contributed by atoms with Crippen molar-refractivity contribution in [1.29, 1.82) is 0 Å². The molecule has 2 rings (SSSR count). The van der Waals surface area contributed by atoms with E-state index in [1.807, 2.05) is 6.92 Å². The van der Waals surface area contributed by atoms with E-state index >= 15 is 0 Å². The van der Waals surface area contributed by atoms with Crippen LogP contribution in [-0.4, -0.2) is 21.6 Å². The third kappa shape index (κ3) is 4.28. The van der Waals surface area contributed by atoms with Gasteiger partial charge in [-0.3, -0.25) is 14.4 Å². The van der Waals surface area contributed by atoms with Crippen LogP contribution in [0.2, 0.25) is 0 Å². The number of primary amides is 1. The van der Waals surface area contributed by atoms with Crippen molar-refractivity contribution in [3.05, 3.63) is 64.1 Å². The number of hydrogen-bond acceptors (Lipinski definition) is 4. The van der Waals surface area contributed by atoms with Crippen molar-refractivity contribution in [3.8, 4) is 0 Å². The van der Waals surface area contributed by atoms with Gasteiger partial charge in [-0.1, -0.05) is 43.7 Å². The van der Waals surface area contributed by atoms with Crippen molar-refractivity contribution in [2.75, 3.05) is 0 Å². The molecule has 24 heavy (non-hydrogen) atoms. The second-order valence-electron chi connectivity index (χ2n) is 5.35. The first kappa shape index (κ1) is 17.4. The number of carbonyl (C=O) groups excluding carboxylic acids is 2. The molecule has 0 spiro atoms. The molecule has 0 radical (unpaired) electrons. The van der Waals surface area contributed by atoms with E-state index in [0.717, 1.165) is 12.8 Å². The van der Waals surface area contributed by atoms with Crippen LogP contribution in [-0.2, 0) is 11.3 Å². The number of nitrogens with zero attached hydrogens (tertiary/aromatic N) is 2. The molecule has 0 aliphatic rings. The number of aryl methyl sites for hydroxylation is 1. The molecule has 1 atom stereocenters. The summed E-state index contributed by atoms with van der Waals surface area (Å²) in [5, 5.41) is 6.62. The van der Waals surface area contributed by atoms with Crippen LogP contribution < -0.4 is 16.6 Å². The second kappa shape index (κ2) is 8.05. The number of nitrogens with one attached hydrogen (secondary N) is 1. The van der Waals surface area contributed by atoms with Gasteiger partial charge in [0.25, 0.3) is 11.5 Å². The lowest BCUT2D eigenvalue weighted by atomic mass is 10.1. The van der Waals surface area contributed by atoms with Gasteiger partial charge in [0.15, 0.2) is 0 Å². The van der Waals surface area contributed by atoms with Crippen LogP contribution >= 0.6 is 0 Å². The molecule has 0 saturated heterocycles. The first-order valence-electron chi connectivity index (χ1n) is 7.76. The van der Waals surface area contributed by atoms with Crippen LogP contribution in [0.3, 0.4) is 0 Å². The van der Waals surface area contributed by atoms with E-state index in [4.69, 9.17) is 5.73 Å². The van der Waals surface area contributed by atoms with Gasteiger partial charge in [-0.05, 0) is 18.1 Å². The molecule has 0 bridgehead atoms. The normalized spacial score (nSPS) is 11.7. The molecule has 3 N–H and O–H groups in total. The van der Waals surface area contributed by atoms with Gasteiger partial charge < -0.3 is 11.1 Å². The van der Waals surface area contributed by atoms with Crippen LogP contribution in [0.4, 0.5) is 0 Å². The quantitative estimate of drug-likeness (QED) is 0.790. The van der Waals surface area contributed by atoms with Crippen LogP contribution in [0.15, 0.2) is 47.3 Å². The highest BCUT2D eigenvalue weighted by molar-refractivity contribution is 5.96. The molecule has 0 aliphatic heterocycles. The summed E-state index contributed by atoms with van der Waals surface area (Å²) >= 11 is 0. The Kier molecular flexibility index (Phi) is 5.83. The minimum absolute atomic E-state index is 0.0629. The number of amides is 2. The molecular weight excluding hydrogens is 308 g/mol. The first-order chi connectivity index (χ1) is 11.5. The predicted molar refractivity (Wildman–Crippen MR) is 89.2 cm³/mol. The summed E-state index contributed by atoms with van der Waals surface area (Å²) in [7, 11) is 0. The van der Waals surface area contributed by atoms with Crippen molar-refractivity contribution >= 4 is 11.8 Å². The van der Waals surface area contributed by atoms with Crippen molar-refractivity contribution < 1.29 is 9.59 Å². The van der Waals surface area contributed by atoms with Gasteiger partial charge in [0.05, 0.1) is 0 Å². The molecule has 1 aromatic carbocycles. The molecule has 2 amide bonds. The molecule has 1 aromatic heterocycles. The molecule has 1 heterocycles. The summed E-state index contributed by atoms with van der Waals surface area (Å²) in [6.07, 6.45) is 1.69. The topological polar surface area (TPSA) is 107 Å². The Balaban J connectivity index is 2.21. The highest BCUT2D eigenvalue weighted by Crippen LogP contribution is 2.12. The predicted octanol–water partition coefficient (Wildman–Crippen LogP) is 1.000. The van der Waals surface area contributed by atoms with Gasteiger partial charge in [0, 0.05) is 12.6 Å². The number of benzene rings is 1. The van der Waals surface area contributed by atoms with Crippen molar-refractivity contribution in [2.24, 2.45) is 5.73 Å². The van der Waals surface area contributed by atoms with Crippen LogP contribution in [0.5, 0.6) is 0 Å². The zero-order valence-corrected chi connectivity index (χ0v) is 13.4. The Bertz CT molecular complexity index is 771. The fourth-order valence-corrected chi connectivity index (χ4v) is 2.21. The van der Waals surface area contributed by atoms with Gasteiger partial charge in [-0.15, -0.1) is 0 Å². The van der Waals surface area contributed by atoms with Crippen LogP contribution in [0.1, 0.15) is 41.9 Å². The fourth-order valence-electron chi connectivity index (χ4n) is 2.21. The second-order valence-corrected chi connectivity index (χ2v) is 5.35. The standard InChI is InChI=1S/C17H20N4O3/c1-2-3-11-21-14(22)10-9-13(20-21)17(24)19-15(16(18)23)12-7-5-4-6-8-12/h4-10,15H,2-3,11H2,1H3,(H2,18,23)(H,19,24)/t15-/m1/s1. The lowest BCUT2D eigenvalue weighted by molar-refractivity contribution is -0.120. The number of carbonyl (C=O) groups is 2. The van der Waals surface area contributed by atoms with Crippen LogP contribution in [0, 0.1) is 0 Å². The molecule has 0 aliphatic carbocycles. The molecule has 7 heteroatoms. The first-order valence-corrected chi connectivity index (χ1v) is 7.76. The fraction of sp³-hybridized carbons (Fsp3) is 0.294. The van der Waals surface area contributed by atoms with E-state index in [9.17, 15) is 14.4 Å². The Labute approximate surface area is 139 Å². The number of nitrogens with two attached hydrogens (primary N) is 1. The van der Waals surface area contributed by atoms with Crippen molar-refractivity contribution in [2.45, 2.75) is 32.4 Å². The zero-order chi connectivity index (χ0) is 17.5. The van der Waals surface area contributed by atoms with Crippen LogP contribution in [0.25, 0.3) is 0 Å². The van der Waals surface area contributed by atoms with Gasteiger partial charge in [0.2, 0.25) is 5.91 Å². The lowest BCUT2D eigenvalue weighted by Crippen LogP contribution is -2.38. The molecule has 2 aromatic rings. The summed E-state index contributed by atoms with van der Waals surface area (Å²) < 4.78 is 1.25. The molecule has 0 unspecified atom stereocenters. The molecule has 0 fully saturated rings. The third-order valence-electron chi connectivity index (χ3n) is 3.52. The summed E-state index contributed by atoms with van der Waals surface area (Å²) in [6, 6.07) is 10.4. The van der Waals surface area contributed by atoms with Crippen molar-refractivity contribution in [3.63, 3.8) is 0 Å². The summed E-state index contributed by atoms with van der Waals surface area (Å²) in [6.45, 7) is 2.44. The highest BCUT2D eigenvalue weighted by Gasteiger charge is 2.21. The maximum absolute atomic E-state index is 12.4. The summed E-state index contributed by atoms with van der Waals surface area (Å²) in [5.41, 5.74) is 5.76. The smallest absolute Gasteiger partial charge is 0.272 e. The van der Waals surface area contributed by atoms with Gasteiger partial charge in [0.1, 0.15) is 11.7 Å². The molecular formula is C17H20N4O3. The van der Waals surface area contributed by atoms with E-state index < -0.39 is 17.9 Å². The van der Waals surface area contributed by atoms with E-state index in [1.165, 1.54) is 16.8 Å². The number of rotatable bonds is 7. The Morgan fingerprint density at radius 3 is 2.54 bits per heavy atom. The Morgan fingerprint density at radius 1 is 1.21 bits per heavy atom. The van der Waals surface area contributed by atoms with Gasteiger partial charge >= 0.3 is 0 Å². The minimum atomic E-state index is -0.962. The van der Waals surface area contributed by atoms with E-state index in [2.05, 4.69) is 10.4 Å². The van der Waals surface area contributed by atoms with E-state index in [-0.39, 0.29) is 11.3 Å².